The van der Waals surface area contributed by atoms with Gasteiger partial charge in [-0.1, -0.05) is 39.0 Å². The van der Waals surface area contributed by atoms with Gasteiger partial charge in [0.15, 0.2) is 0 Å². The first-order valence-corrected chi connectivity index (χ1v) is 7.64. The highest BCUT2D eigenvalue weighted by atomic mass is 16.5. The van der Waals surface area contributed by atoms with E-state index in [1.807, 2.05) is 26.0 Å². The van der Waals surface area contributed by atoms with E-state index in [1.165, 1.54) is 5.56 Å². The van der Waals surface area contributed by atoms with Crippen LogP contribution in [-0.4, -0.2) is 23.1 Å². The molecule has 0 spiro atoms. The summed E-state index contributed by atoms with van der Waals surface area (Å²) in [5.74, 6) is 1.83. The molecule has 0 radical (unpaired) electrons. The number of nitrogens with zero attached hydrogens (tertiary/aromatic N) is 2. The first kappa shape index (κ1) is 16.3. The van der Waals surface area contributed by atoms with Crippen LogP contribution < -0.4 is 10.1 Å². The molecule has 1 aromatic carbocycles. The summed E-state index contributed by atoms with van der Waals surface area (Å²) < 4.78 is 5.95. The Morgan fingerprint density at radius 2 is 1.82 bits per heavy atom. The van der Waals surface area contributed by atoms with Crippen LogP contribution in [0.15, 0.2) is 30.6 Å². The van der Waals surface area contributed by atoms with Crippen molar-refractivity contribution in [1.29, 1.82) is 0 Å². The van der Waals surface area contributed by atoms with Crippen molar-refractivity contribution < 1.29 is 4.74 Å². The average molecular weight is 299 g/mol. The number of hydrogen-bond acceptors (Lipinski definition) is 4. The Kier molecular flexibility index (Phi) is 5.01. The molecule has 0 aliphatic heterocycles. The smallest absolute Gasteiger partial charge is 0.132 e. The van der Waals surface area contributed by atoms with E-state index in [0.29, 0.717) is 13.2 Å². The van der Waals surface area contributed by atoms with Gasteiger partial charge in [-0.05, 0) is 30.9 Å². The van der Waals surface area contributed by atoms with Crippen LogP contribution in [-0.2, 0) is 5.41 Å². The molecule has 0 saturated heterocycles. The highest BCUT2D eigenvalue weighted by Gasteiger charge is 2.18. The van der Waals surface area contributed by atoms with E-state index in [1.54, 1.807) is 6.33 Å². The lowest BCUT2D eigenvalue weighted by Gasteiger charge is -2.22. The molecule has 0 aliphatic carbocycles. The molecule has 0 fully saturated rings. The van der Waals surface area contributed by atoms with Gasteiger partial charge < -0.3 is 10.1 Å². The van der Waals surface area contributed by atoms with Crippen LogP contribution in [0.2, 0.25) is 0 Å². The van der Waals surface area contributed by atoms with Gasteiger partial charge in [0, 0.05) is 11.3 Å². The van der Waals surface area contributed by atoms with Crippen molar-refractivity contribution in [1.82, 2.24) is 9.97 Å². The van der Waals surface area contributed by atoms with Gasteiger partial charge >= 0.3 is 0 Å². The highest BCUT2D eigenvalue weighted by Crippen LogP contribution is 2.30. The van der Waals surface area contributed by atoms with Crippen LogP contribution in [0.25, 0.3) is 0 Å². The van der Waals surface area contributed by atoms with Gasteiger partial charge in [-0.2, -0.15) is 0 Å². The summed E-state index contributed by atoms with van der Waals surface area (Å²) in [4.78, 5) is 8.43. The molecule has 1 heterocycles. The van der Waals surface area contributed by atoms with Gasteiger partial charge in [-0.3, -0.25) is 0 Å². The monoisotopic (exact) mass is 299 g/mol. The Morgan fingerprint density at radius 1 is 1.09 bits per heavy atom. The standard InChI is InChI=1S/C18H25N3O/c1-13-14(2)20-12-21-17(13)19-10-11-22-16-9-7-6-8-15(16)18(3,4)5/h6-9,12H,10-11H2,1-5H3,(H,19,20,21). The fourth-order valence-corrected chi connectivity index (χ4v) is 2.26. The first-order chi connectivity index (χ1) is 10.4. The van der Waals surface area contributed by atoms with Crippen LogP contribution in [0.4, 0.5) is 5.82 Å². The molecule has 2 rings (SSSR count). The van der Waals surface area contributed by atoms with E-state index in [2.05, 4.69) is 48.2 Å². The molecule has 4 nitrogen and oxygen atoms in total. The third-order valence-corrected chi connectivity index (χ3v) is 3.68. The summed E-state index contributed by atoms with van der Waals surface area (Å²) in [6.45, 7) is 11.9. The summed E-state index contributed by atoms with van der Waals surface area (Å²) in [5, 5.41) is 3.31. The van der Waals surface area contributed by atoms with E-state index in [0.717, 1.165) is 22.8 Å². The second kappa shape index (κ2) is 6.77. The van der Waals surface area contributed by atoms with Crippen LogP contribution in [0.5, 0.6) is 5.75 Å². The number of ether oxygens (including phenoxy) is 1. The molecule has 0 atom stereocenters. The number of para-hydroxylation sites is 1. The molecule has 1 aromatic heterocycles. The van der Waals surface area contributed by atoms with Crippen molar-refractivity contribution in [3.63, 3.8) is 0 Å². The van der Waals surface area contributed by atoms with E-state index >= 15 is 0 Å². The van der Waals surface area contributed by atoms with Gasteiger partial charge in [-0.25, -0.2) is 9.97 Å². The van der Waals surface area contributed by atoms with Crippen molar-refractivity contribution in [2.45, 2.75) is 40.0 Å². The third kappa shape index (κ3) is 3.97. The molecule has 22 heavy (non-hydrogen) atoms. The molecule has 2 aromatic rings. The Bertz CT molecular complexity index is 632. The Labute approximate surface area is 133 Å². The zero-order valence-corrected chi connectivity index (χ0v) is 14.1. The number of aryl methyl sites for hydroxylation is 1. The van der Waals surface area contributed by atoms with Crippen LogP contribution in [0, 0.1) is 13.8 Å². The molecule has 0 aliphatic rings. The molecule has 1 N–H and O–H groups in total. The maximum absolute atomic E-state index is 5.95. The van der Waals surface area contributed by atoms with Gasteiger partial charge in [0.2, 0.25) is 0 Å². The number of hydrogen-bond donors (Lipinski definition) is 1. The quantitative estimate of drug-likeness (QED) is 0.851. The van der Waals surface area contributed by atoms with Gasteiger partial charge in [0.25, 0.3) is 0 Å². The Morgan fingerprint density at radius 3 is 2.55 bits per heavy atom. The minimum Gasteiger partial charge on any atom is -0.491 e. The summed E-state index contributed by atoms with van der Waals surface area (Å²) >= 11 is 0. The lowest BCUT2D eigenvalue weighted by Crippen LogP contribution is -2.17. The largest absolute Gasteiger partial charge is 0.491 e. The zero-order chi connectivity index (χ0) is 16.2. The van der Waals surface area contributed by atoms with Gasteiger partial charge in [0.05, 0.1) is 6.54 Å². The molecular formula is C18H25N3O. The van der Waals surface area contributed by atoms with Crippen LogP contribution in [0.3, 0.4) is 0 Å². The number of benzene rings is 1. The average Bonchev–Trinajstić information content (AvgIpc) is 2.47. The summed E-state index contributed by atoms with van der Waals surface area (Å²) in [6.07, 6.45) is 1.58. The lowest BCUT2D eigenvalue weighted by atomic mass is 9.86. The maximum atomic E-state index is 5.95. The van der Waals surface area contributed by atoms with E-state index in [4.69, 9.17) is 4.74 Å². The Balaban J connectivity index is 1.94. The molecule has 0 bridgehead atoms. The molecule has 0 saturated carbocycles. The van der Waals surface area contributed by atoms with E-state index in [-0.39, 0.29) is 5.41 Å². The van der Waals surface area contributed by atoms with E-state index in [9.17, 15) is 0 Å². The van der Waals surface area contributed by atoms with Crippen molar-refractivity contribution in [2.24, 2.45) is 0 Å². The van der Waals surface area contributed by atoms with Crippen molar-refractivity contribution in [3.05, 3.63) is 47.4 Å². The van der Waals surface area contributed by atoms with Crippen molar-refractivity contribution in [2.75, 3.05) is 18.5 Å². The molecular weight excluding hydrogens is 274 g/mol. The van der Waals surface area contributed by atoms with Crippen molar-refractivity contribution in [3.8, 4) is 5.75 Å². The second-order valence-corrected chi connectivity index (χ2v) is 6.45. The highest BCUT2D eigenvalue weighted by molar-refractivity contribution is 5.44. The predicted octanol–water partition coefficient (Wildman–Crippen LogP) is 3.88. The Hall–Kier alpha value is -2.10. The molecule has 0 unspecified atom stereocenters. The second-order valence-electron chi connectivity index (χ2n) is 6.45. The van der Waals surface area contributed by atoms with Crippen molar-refractivity contribution >= 4 is 5.82 Å². The minimum absolute atomic E-state index is 0.0738. The normalized spacial score (nSPS) is 11.3. The molecule has 4 heteroatoms. The fourth-order valence-electron chi connectivity index (χ4n) is 2.26. The van der Waals surface area contributed by atoms with E-state index < -0.39 is 0 Å². The van der Waals surface area contributed by atoms with Crippen LogP contribution in [0.1, 0.15) is 37.6 Å². The summed E-state index contributed by atoms with van der Waals surface area (Å²) in [6, 6.07) is 8.22. The molecule has 118 valence electrons. The number of aromatic nitrogens is 2. The molecule has 0 amide bonds. The fraction of sp³-hybridized carbons (Fsp3) is 0.444. The first-order valence-electron chi connectivity index (χ1n) is 7.64. The number of rotatable bonds is 5. The summed E-state index contributed by atoms with van der Waals surface area (Å²) in [5.41, 5.74) is 3.38. The topological polar surface area (TPSA) is 47.0 Å². The number of nitrogens with one attached hydrogen (secondary N) is 1. The zero-order valence-electron chi connectivity index (χ0n) is 14.1. The lowest BCUT2D eigenvalue weighted by molar-refractivity contribution is 0.323. The number of anilines is 1. The minimum atomic E-state index is 0.0738. The third-order valence-electron chi connectivity index (χ3n) is 3.68. The van der Waals surface area contributed by atoms with Gasteiger partial charge in [0.1, 0.15) is 24.5 Å². The summed E-state index contributed by atoms with van der Waals surface area (Å²) in [7, 11) is 0. The van der Waals surface area contributed by atoms with Gasteiger partial charge in [-0.15, -0.1) is 0 Å². The maximum Gasteiger partial charge on any atom is 0.132 e. The SMILES string of the molecule is Cc1ncnc(NCCOc2ccccc2C(C)(C)C)c1C. The predicted molar refractivity (Wildman–Crippen MR) is 90.6 cm³/mol. The van der Waals surface area contributed by atoms with Crippen LogP contribution >= 0.6 is 0 Å².